The van der Waals surface area contributed by atoms with Gasteiger partial charge in [-0.05, 0) is 29.3 Å². The van der Waals surface area contributed by atoms with Crippen molar-refractivity contribution >= 4 is 11.6 Å². The van der Waals surface area contributed by atoms with Gasteiger partial charge in [0.15, 0.2) is 0 Å². The van der Waals surface area contributed by atoms with Crippen LogP contribution in [0.15, 0.2) is 60.9 Å². The third-order valence-electron chi connectivity index (χ3n) is 3.47. The molecule has 3 aromatic rings. The van der Waals surface area contributed by atoms with Gasteiger partial charge in [0.05, 0.1) is 5.56 Å². The maximum Gasteiger partial charge on any atom is 0.416 e. The molecule has 1 heterocycles. The Morgan fingerprint density at radius 3 is 2.32 bits per heavy atom. The number of phenols is 1. The van der Waals surface area contributed by atoms with Crippen LogP contribution in [0.3, 0.4) is 0 Å². The van der Waals surface area contributed by atoms with Crippen LogP contribution in [0.1, 0.15) is 16.7 Å². The van der Waals surface area contributed by atoms with Gasteiger partial charge in [-0.15, -0.1) is 0 Å². The van der Waals surface area contributed by atoms with E-state index in [0.29, 0.717) is 29.2 Å². The quantitative estimate of drug-likeness (QED) is 0.729. The predicted molar refractivity (Wildman–Crippen MR) is 87.7 cm³/mol. The average molecular weight is 345 g/mol. The molecular weight excluding hydrogens is 331 g/mol. The van der Waals surface area contributed by atoms with E-state index in [-0.39, 0.29) is 5.75 Å². The molecule has 4 nitrogen and oxygen atoms in total. The van der Waals surface area contributed by atoms with Crippen molar-refractivity contribution in [1.29, 1.82) is 0 Å². The molecule has 0 saturated carbocycles. The molecule has 0 saturated heterocycles. The van der Waals surface area contributed by atoms with Gasteiger partial charge in [0.25, 0.3) is 0 Å². The molecule has 0 aliphatic heterocycles. The Bertz CT molecular complexity index is 864. The summed E-state index contributed by atoms with van der Waals surface area (Å²) in [5.41, 5.74) is 1.19. The molecule has 0 aliphatic carbocycles. The Hall–Kier alpha value is -3.09. The van der Waals surface area contributed by atoms with Crippen molar-refractivity contribution in [3.63, 3.8) is 0 Å². The molecule has 0 bridgehead atoms. The molecule has 0 spiro atoms. The molecule has 25 heavy (non-hydrogen) atoms. The van der Waals surface area contributed by atoms with Gasteiger partial charge in [0, 0.05) is 30.6 Å². The van der Waals surface area contributed by atoms with Crippen LogP contribution in [0.2, 0.25) is 0 Å². The highest BCUT2D eigenvalue weighted by Crippen LogP contribution is 2.30. The summed E-state index contributed by atoms with van der Waals surface area (Å²) in [7, 11) is 0. The molecule has 1 aromatic heterocycles. The summed E-state index contributed by atoms with van der Waals surface area (Å²) < 4.78 is 38.2. The van der Waals surface area contributed by atoms with Gasteiger partial charge >= 0.3 is 6.18 Å². The number of nitrogens with one attached hydrogen (secondary N) is 1. The molecule has 0 atom stereocenters. The number of nitrogens with zero attached hydrogens (tertiary/aromatic N) is 2. The minimum Gasteiger partial charge on any atom is -0.508 e. The lowest BCUT2D eigenvalue weighted by atomic mass is 10.0. The first-order valence-corrected chi connectivity index (χ1v) is 7.43. The van der Waals surface area contributed by atoms with E-state index in [0.717, 1.165) is 12.1 Å². The first-order chi connectivity index (χ1) is 11.9. The molecule has 3 rings (SSSR count). The highest BCUT2D eigenvalue weighted by molar-refractivity contribution is 5.55. The van der Waals surface area contributed by atoms with Gasteiger partial charge in [0.2, 0.25) is 5.95 Å². The first-order valence-electron chi connectivity index (χ1n) is 7.43. The number of alkyl halides is 3. The predicted octanol–water partition coefficient (Wildman–Crippen LogP) is 4.54. The number of aromatic nitrogens is 2. The lowest BCUT2D eigenvalue weighted by Crippen LogP contribution is -2.05. The zero-order chi connectivity index (χ0) is 17.9. The summed E-state index contributed by atoms with van der Waals surface area (Å²) >= 11 is 0. The van der Waals surface area contributed by atoms with E-state index in [1.165, 1.54) is 12.1 Å². The van der Waals surface area contributed by atoms with Gasteiger partial charge in [-0.25, -0.2) is 9.97 Å². The van der Waals surface area contributed by atoms with Crippen LogP contribution in [-0.4, -0.2) is 15.1 Å². The lowest BCUT2D eigenvalue weighted by molar-refractivity contribution is -0.137. The van der Waals surface area contributed by atoms with Crippen LogP contribution < -0.4 is 5.32 Å². The number of phenolic OH excluding ortho intramolecular Hbond substituents is 1. The Morgan fingerprint density at radius 1 is 0.920 bits per heavy atom. The summed E-state index contributed by atoms with van der Waals surface area (Å²) in [5.74, 6) is 0.449. The molecule has 0 amide bonds. The van der Waals surface area contributed by atoms with Gasteiger partial charge < -0.3 is 10.4 Å². The number of hydrogen-bond acceptors (Lipinski definition) is 4. The summed E-state index contributed by atoms with van der Waals surface area (Å²) in [6.45, 7) is 0. The maximum atomic E-state index is 12.7. The summed E-state index contributed by atoms with van der Waals surface area (Å²) in [4.78, 5) is 8.29. The largest absolute Gasteiger partial charge is 0.508 e. The van der Waals surface area contributed by atoms with E-state index in [1.807, 2.05) is 0 Å². The van der Waals surface area contributed by atoms with Gasteiger partial charge in [-0.1, -0.05) is 24.3 Å². The number of aromatic hydroxyl groups is 1. The Balaban J connectivity index is 1.71. The average Bonchev–Trinajstić information content (AvgIpc) is 2.56. The van der Waals surface area contributed by atoms with Crippen LogP contribution in [0.25, 0.3) is 0 Å². The Labute approximate surface area is 142 Å². The van der Waals surface area contributed by atoms with Crippen molar-refractivity contribution in [1.82, 2.24) is 9.97 Å². The van der Waals surface area contributed by atoms with E-state index in [9.17, 15) is 18.3 Å². The maximum absolute atomic E-state index is 12.7. The highest BCUT2D eigenvalue weighted by Gasteiger charge is 2.30. The SMILES string of the molecule is Oc1cccc(Nc2ncc(Cc3cccc(C(F)(F)F)c3)cn2)c1. The highest BCUT2D eigenvalue weighted by atomic mass is 19.4. The second-order valence-corrected chi connectivity index (χ2v) is 5.47. The fraction of sp³-hybridized carbons (Fsp3) is 0.111. The number of anilines is 2. The molecule has 128 valence electrons. The van der Waals surface area contributed by atoms with E-state index in [4.69, 9.17) is 0 Å². The van der Waals surface area contributed by atoms with Gasteiger partial charge in [-0.2, -0.15) is 13.2 Å². The van der Waals surface area contributed by atoms with Gasteiger partial charge in [-0.3, -0.25) is 0 Å². The third-order valence-corrected chi connectivity index (χ3v) is 3.47. The van der Waals surface area contributed by atoms with E-state index in [2.05, 4.69) is 15.3 Å². The standard InChI is InChI=1S/C18H14F3N3O/c19-18(20,21)14-4-1-3-12(8-14)7-13-10-22-17(23-11-13)24-15-5-2-6-16(25)9-15/h1-6,8-11,25H,7H2,(H,22,23,24). The van der Waals surface area contributed by atoms with Crippen molar-refractivity contribution in [2.75, 3.05) is 5.32 Å². The summed E-state index contributed by atoms with van der Waals surface area (Å²) in [6.07, 6.45) is -0.950. The molecule has 0 radical (unpaired) electrons. The summed E-state index contributed by atoms with van der Waals surface area (Å²) in [6, 6.07) is 11.7. The van der Waals surface area contributed by atoms with Crippen molar-refractivity contribution in [3.05, 3.63) is 77.6 Å². The lowest BCUT2D eigenvalue weighted by Gasteiger charge is -2.09. The minimum atomic E-state index is -4.36. The Morgan fingerprint density at radius 2 is 1.64 bits per heavy atom. The zero-order valence-corrected chi connectivity index (χ0v) is 13.0. The van der Waals surface area contributed by atoms with Crippen LogP contribution in [0.4, 0.5) is 24.8 Å². The molecule has 0 aliphatic rings. The van der Waals surface area contributed by atoms with E-state index >= 15 is 0 Å². The number of halogens is 3. The van der Waals surface area contributed by atoms with Crippen LogP contribution in [0, 0.1) is 0 Å². The van der Waals surface area contributed by atoms with Crippen molar-refractivity contribution < 1.29 is 18.3 Å². The number of rotatable bonds is 4. The molecule has 0 unspecified atom stereocenters. The topological polar surface area (TPSA) is 58.0 Å². The van der Waals surface area contributed by atoms with Crippen LogP contribution in [-0.2, 0) is 12.6 Å². The molecular formula is C18H14F3N3O. The zero-order valence-electron chi connectivity index (χ0n) is 13.0. The smallest absolute Gasteiger partial charge is 0.416 e. The number of benzene rings is 2. The van der Waals surface area contributed by atoms with Crippen molar-refractivity contribution in [2.45, 2.75) is 12.6 Å². The van der Waals surface area contributed by atoms with Crippen molar-refractivity contribution in [3.8, 4) is 5.75 Å². The molecule has 2 aromatic carbocycles. The summed E-state index contributed by atoms with van der Waals surface area (Å²) in [5, 5.41) is 12.4. The van der Waals surface area contributed by atoms with Crippen LogP contribution >= 0.6 is 0 Å². The number of hydrogen-bond donors (Lipinski definition) is 2. The fourth-order valence-electron chi connectivity index (χ4n) is 2.32. The second kappa shape index (κ2) is 6.80. The van der Waals surface area contributed by atoms with E-state index in [1.54, 1.807) is 36.7 Å². The molecule has 0 fully saturated rings. The first kappa shape index (κ1) is 16.8. The minimum absolute atomic E-state index is 0.117. The molecule has 2 N–H and O–H groups in total. The Kier molecular flexibility index (Phi) is 4.56. The normalized spacial score (nSPS) is 11.3. The van der Waals surface area contributed by atoms with E-state index < -0.39 is 11.7 Å². The van der Waals surface area contributed by atoms with Crippen molar-refractivity contribution in [2.24, 2.45) is 0 Å². The van der Waals surface area contributed by atoms with Crippen LogP contribution in [0.5, 0.6) is 5.75 Å². The fourth-order valence-corrected chi connectivity index (χ4v) is 2.32. The third kappa shape index (κ3) is 4.47. The monoisotopic (exact) mass is 345 g/mol. The van der Waals surface area contributed by atoms with Gasteiger partial charge in [0.1, 0.15) is 5.75 Å². The second-order valence-electron chi connectivity index (χ2n) is 5.47. The molecule has 7 heteroatoms.